The number of alkyl halides is 3. The van der Waals surface area contributed by atoms with Gasteiger partial charge in [0.25, 0.3) is 15.9 Å². The Kier molecular flexibility index (Phi) is 5.35. The first-order chi connectivity index (χ1) is 11.5. The van der Waals surface area contributed by atoms with E-state index in [1.165, 1.54) is 12.1 Å². The van der Waals surface area contributed by atoms with E-state index in [0.717, 1.165) is 24.3 Å². The molecule has 0 radical (unpaired) electrons. The van der Waals surface area contributed by atoms with Gasteiger partial charge in [0.1, 0.15) is 5.82 Å². The second-order valence-corrected chi connectivity index (χ2v) is 6.77. The van der Waals surface area contributed by atoms with Gasteiger partial charge in [-0.2, -0.15) is 13.2 Å². The minimum Gasteiger partial charge on any atom is -0.273 e. The van der Waals surface area contributed by atoms with Gasteiger partial charge in [-0.25, -0.2) is 12.8 Å². The fraction of sp³-hybridized carbons (Fsp3) is 0.0714. The molecule has 0 aromatic heterocycles. The summed E-state index contributed by atoms with van der Waals surface area (Å²) in [6, 6.07) is 6.66. The number of nitrogens with one attached hydrogen (secondary N) is 2. The second-order valence-electron chi connectivity index (χ2n) is 4.68. The highest BCUT2D eigenvalue weighted by atomic mass is 35.5. The largest absolute Gasteiger partial charge is 0.417 e. The average Bonchev–Trinajstić information content (AvgIpc) is 2.52. The molecule has 0 unspecified atom stereocenters. The maximum absolute atomic E-state index is 13.4. The van der Waals surface area contributed by atoms with Gasteiger partial charge >= 0.3 is 6.18 Å². The number of hydrogen-bond acceptors (Lipinski definition) is 3. The Morgan fingerprint density at radius 2 is 1.72 bits per heavy atom. The van der Waals surface area contributed by atoms with Crippen LogP contribution >= 0.6 is 11.6 Å². The maximum Gasteiger partial charge on any atom is 0.417 e. The molecule has 11 heteroatoms. The Labute approximate surface area is 144 Å². The van der Waals surface area contributed by atoms with Gasteiger partial charge in [0.15, 0.2) is 0 Å². The number of carbonyl (C=O) groups excluding carboxylic acids is 1. The highest BCUT2D eigenvalue weighted by molar-refractivity contribution is 7.89. The van der Waals surface area contributed by atoms with E-state index in [9.17, 15) is 30.8 Å². The van der Waals surface area contributed by atoms with Crippen LogP contribution in [0.2, 0.25) is 5.02 Å². The molecule has 0 aliphatic heterocycles. The third-order valence-electron chi connectivity index (χ3n) is 2.97. The number of rotatable bonds is 4. The first kappa shape index (κ1) is 19.2. The number of hydrogen-bond donors (Lipinski definition) is 2. The Morgan fingerprint density at radius 3 is 2.32 bits per heavy atom. The Bertz CT molecular complexity index is 917. The van der Waals surface area contributed by atoms with Gasteiger partial charge in [-0.1, -0.05) is 23.7 Å². The van der Waals surface area contributed by atoms with Gasteiger partial charge < -0.3 is 0 Å². The zero-order valence-electron chi connectivity index (χ0n) is 12.1. The summed E-state index contributed by atoms with van der Waals surface area (Å²) in [5.41, 5.74) is -0.0763. The highest BCUT2D eigenvalue weighted by Crippen LogP contribution is 2.35. The maximum atomic E-state index is 13.4. The van der Waals surface area contributed by atoms with Gasteiger partial charge in [-0.05, 0) is 30.3 Å². The number of hydrazine groups is 1. The predicted octanol–water partition coefficient (Wildman–Crippen LogP) is 3.12. The summed E-state index contributed by atoms with van der Waals surface area (Å²) in [6.07, 6.45) is -4.86. The Balaban J connectivity index is 2.23. The summed E-state index contributed by atoms with van der Waals surface area (Å²) in [4.78, 5) is 12.6. The Morgan fingerprint density at radius 1 is 1.08 bits per heavy atom. The molecular weight excluding hydrogens is 388 g/mol. The van der Waals surface area contributed by atoms with Gasteiger partial charge in [-0.15, -0.1) is 4.83 Å². The minimum atomic E-state index is -4.86. The fourth-order valence-electron chi connectivity index (χ4n) is 1.77. The van der Waals surface area contributed by atoms with Crippen molar-refractivity contribution < 1.29 is 30.8 Å². The van der Waals surface area contributed by atoms with Crippen LogP contribution in [0.25, 0.3) is 0 Å². The standard InChI is InChI=1S/C14H9ClF4N2O3S/c15-11-6-5-8(7-10(11)14(17,18)19)25(23,24)21-20-13(22)9-3-1-2-4-12(9)16/h1-7,21H,(H,20,22). The van der Waals surface area contributed by atoms with Crippen molar-refractivity contribution in [1.82, 2.24) is 10.3 Å². The van der Waals surface area contributed by atoms with Crippen LogP contribution in [-0.4, -0.2) is 14.3 Å². The van der Waals surface area contributed by atoms with Crippen LogP contribution in [0.4, 0.5) is 17.6 Å². The topological polar surface area (TPSA) is 75.3 Å². The third-order valence-corrected chi connectivity index (χ3v) is 4.55. The van der Waals surface area contributed by atoms with Crippen molar-refractivity contribution in [2.75, 3.05) is 0 Å². The molecule has 2 N–H and O–H groups in total. The van der Waals surface area contributed by atoms with Crippen LogP contribution in [0, 0.1) is 5.82 Å². The number of halogens is 5. The van der Waals surface area contributed by atoms with Gasteiger partial charge in [0.05, 0.1) is 21.0 Å². The molecule has 0 aliphatic rings. The average molecular weight is 397 g/mol. The van der Waals surface area contributed by atoms with E-state index < -0.39 is 49.0 Å². The number of benzene rings is 2. The lowest BCUT2D eigenvalue weighted by Gasteiger charge is -2.12. The molecule has 2 aromatic rings. The molecule has 5 nitrogen and oxygen atoms in total. The molecule has 1 amide bonds. The van der Waals surface area contributed by atoms with E-state index >= 15 is 0 Å². The molecular formula is C14H9ClF4N2O3S. The molecule has 0 bridgehead atoms. The normalized spacial score (nSPS) is 12.0. The summed E-state index contributed by atoms with van der Waals surface area (Å²) >= 11 is 5.41. The third kappa shape index (κ3) is 4.47. The fourth-order valence-corrected chi connectivity index (χ4v) is 2.86. The summed E-state index contributed by atoms with van der Waals surface area (Å²) in [6.45, 7) is 0. The molecule has 2 rings (SSSR count). The lowest BCUT2D eigenvalue weighted by molar-refractivity contribution is -0.137. The van der Waals surface area contributed by atoms with E-state index in [4.69, 9.17) is 11.6 Å². The molecule has 0 aliphatic carbocycles. The van der Waals surface area contributed by atoms with Crippen LogP contribution in [0.1, 0.15) is 15.9 Å². The van der Waals surface area contributed by atoms with Gasteiger partial charge in [-0.3, -0.25) is 10.2 Å². The van der Waals surface area contributed by atoms with E-state index in [2.05, 4.69) is 0 Å². The monoisotopic (exact) mass is 396 g/mol. The Hall–Kier alpha value is -2.17. The van der Waals surface area contributed by atoms with Crippen molar-refractivity contribution in [3.05, 3.63) is 64.4 Å². The lowest BCUT2D eigenvalue weighted by Crippen LogP contribution is -2.41. The molecule has 0 fully saturated rings. The molecule has 25 heavy (non-hydrogen) atoms. The number of carbonyl (C=O) groups is 1. The minimum absolute atomic E-state index is 0.319. The molecule has 134 valence electrons. The van der Waals surface area contributed by atoms with E-state index in [1.807, 2.05) is 0 Å². The van der Waals surface area contributed by atoms with Crippen LogP contribution in [0.15, 0.2) is 47.4 Å². The summed E-state index contributed by atoms with van der Waals surface area (Å²) < 4.78 is 75.8. The highest BCUT2D eigenvalue weighted by Gasteiger charge is 2.34. The smallest absolute Gasteiger partial charge is 0.273 e. The van der Waals surface area contributed by atoms with E-state index in [-0.39, 0.29) is 0 Å². The summed E-state index contributed by atoms with van der Waals surface area (Å²) in [7, 11) is -4.54. The number of amides is 1. The molecule has 0 spiro atoms. The first-order valence-electron chi connectivity index (χ1n) is 6.46. The van der Waals surface area contributed by atoms with Crippen molar-refractivity contribution in [1.29, 1.82) is 0 Å². The van der Waals surface area contributed by atoms with Crippen LogP contribution in [0.3, 0.4) is 0 Å². The molecule has 2 aromatic carbocycles. The van der Waals surface area contributed by atoms with Crippen LogP contribution in [0.5, 0.6) is 0 Å². The zero-order chi connectivity index (χ0) is 18.8. The summed E-state index contributed by atoms with van der Waals surface area (Å²) in [5, 5.41) is -0.679. The predicted molar refractivity (Wildman–Crippen MR) is 80.6 cm³/mol. The van der Waals surface area contributed by atoms with Crippen LogP contribution < -0.4 is 10.3 Å². The van der Waals surface area contributed by atoms with E-state index in [0.29, 0.717) is 6.07 Å². The first-order valence-corrected chi connectivity index (χ1v) is 8.32. The summed E-state index contributed by atoms with van der Waals surface area (Å²) in [5.74, 6) is -2.02. The zero-order valence-corrected chi connectivity index (χ0v) is 13.6. The molecule has 0 saturated carbocycles. The van der Waals surface area contributed by atoms with Gasteiger partial charge in [0, 0.05) is 0 Å². The van der Waals surface area contributed by atoms with Crippen molar-refractivity contribution >= 4 is 27.5 Å². The number of sulfonamides is 1. The van der Waals surface area contributed by atoms with Gasteiger partial charge in [0.2, 0.25) is 0 Å². The van der Waals surface area contributed by atoms with Crippen LogP contribution in [-0.2, 0) is 16.2 Å². The van der Waals surface area contributed by atoms with Crippen molar-refractivity contribution in [3.63, 3.8) is 0 Å². The molecule has 0 atom stereocenters. The molecule has 0 heterocycles. The SMILES string of the molecule is O=C(NNS(=O)(=O)c1ccc(Cl)c(C(F)(F)F)c1)c1ccccc1F. The van der Waals surface area contributed by atoms with Crippen molar-refractivity contribution in [2.24, 2.45) is 0 Å². The quantitative estimate of drug-likeness (QED) is 0.616. The second kappa shape index (κ2) is 6.98. The van der Waals surface area contributed by atoms with Crippen molar-refractivity contribution in [3.8, 4) is 0 Å². The van der Waals surface area contributed by atoms with E-state index in [1.54, 1.807) is 10.3 Å². The molecule has 0 saturated heterocycles. The lowest BCUT2D eigenvalue weighted by atomic mass is 10.2. The van der Waals surface area contributed by atoms with Crippen molar-refractivity contribution in [2.45, 2.75) is 11.1 Å².